The molecular formula is C23H18N4O3. The molecular weight excluding hydrogens is 380 g/mol. The van der Waals surface area contributed by atoms with Crippen LogP contribution in [0.3, 0.4) is 0 Å². The van der Waals surface area contributed by atoms with Crippen molar-refractivity contribution in [1.29, 1.82) is 0 Å². The zero-order valence-corrected chi connectivity index (χ0v) is 16.0. The topological polar surface area (TPSA) is 88.3 Å². The summed E-state index contributed by atoms with van der Waals surface area (Å²) in [5.41, 5.74) is 3.77. The van der Waals surface area contributed by atoms with Crippen LogP contribution in [0.25, 0.3) is 22.6 Å². The van der Waals surface area contributed by atoms with Crippen molar-refractivity contribution < 1.29 is 14.0 Å². The summed E-state index contributed by atoms with van der Waals surface area (Å²) in [6, 6.07) is 17.8. The minimum atomic E-state index is -0.547. The lowest BCUT2D eigenvalue weighted by Crippen LogP contribution is -2.38. The average molecular weight is 398 g/mol. The second kappa shape index (κ2) is 7.53. The Labute approximate surface area is 172 Å². The minimum Gasteiger partial charge on any atom is -0.436 e. The van der Waals surface area contributed by atoms with E-state index in [1.165, 1.54) is 4.90 Å². The summed E-state index contributed by atoms with van der Waals surface area (Å²) in [4.78, 5) is 35.1. The van der Waals surface area contributed by atoms with Gasteiger partial charge >= 0.3 is 0 Å². The molecule has 5 rings (SSSR count). The van der Waals surface area contributed by atoms with E-state index in [2.05, 4.69) is 15.3 Å². The van der Waals surface area contributed by atoms with Gasteiger partial charge in [0, 0.05) is 24.5 Å². The van der Waals surface area contributed by atoms with Crippen LogP contribution in [0.2, 0.25) is 0 Å². The monoisotopic (exact) mass is 398 g/mol. The van der Waals surface area contributed by atoms with Gasteiger partial charge in [-0.15, -0.1) is 0 Å². The molecule has 1 atom stereocenters. The first-order chi connectivity index (χ1) is 14.7. The normalized spacial score (nSPS) is 16.5. The van der Waals surface area contributed by atoms with Gasteiger partial charge in [0.25, 0.3) is 5.91 Å². The minimum absolute atomic E-state index is 0.131. The third kappa shape index (κ3) is 3.35. The van der Waals surface area contributed by atoms with Crippen LogP contribution in [0.1, 0.15) is 12.0 Å². The molecule has 0 saturated carbocycles. The molecule has 1 aliphatic heterocycles. The first kappa shape index (κ1) is 18.2. The molecule has 0 radical (unpaired) electrons. The maximum Gasteiger partial charge on any atom is 0.251 e. The SMILES string of the molecule is O=C1CC(NCc2cccnc2)C(=O)N1c1ccc(-c2nc3ccccc3o2)cc1. The van der Waals surface area contributed by atoms with Crippen molar-refractivity contribution in [2.45, 2.75) is 19.0 Å². The number of imide groups is 1. The number of carbonyl (C=O) groups excluding carboxylic acids is 2. The van der Waals surface area contributed by atoms with Crippen molar-refractivity contribution in [2.24, 2.45) is 0 Å². The van der Waals surface area contributed by atoms with Gasteiger partial charge in [-0.25, -0.2) is 9.88 Å². The van der Waals surface area contributed by atoms with Crippen LogP contribution in [0, 0.1) is 0 Å². The highest BCUT2D eigenvalue weighted by molar-refractivity contribution is 6.22. The molecule has 0 spiro atoms. The highest BCUT2D eigenvalue weighted by atomic mass is 16.3. The number of rotatable bonds is 5. The number of hydrogen-bond acceptors (Lipinski definition) is 6. The summed E-state index contributed by atoms with van der Waals surface area (Å²) < 4.78 is 5.78. The fourth-order valence-electron chi connectivity index (χ4n) is 3.56. The van der Waals surface area contributed by atoms with Gasteiger partial charge in [-0.2, -0.15) is 0 Å². The Kier molecular flexibility index (Phi) is 4.57. The number of nitrogens with zero attached hydrogens (tertiary/aromatic N) is 3. The first-order valence-corrected chi connectivity index (χ1v) is 9.64. The number of hydrogen-bond donors (Lipinski definition) is 1. The fraction of sp³-hybridized carbons (Fsp3) is 0.130. The van der Waals surface area contributed by atoms with Crippen molar-refractivity contribution in [2.75, 3.05) is 4.90 Å². The van der Waals surface area contributed by atoms with Crippen LogP contribution in [0.5, 0.6) is 0 Å². The van der Waals surface area contributed by atoms with Crippen molar-refractivity contribution in [3.05, 3.63) is 78.6 Å². The van der Waals surface area contributed by atoms with Gasteiger partial charge in [0.2, 0.25) is 11.8 Å². The van der Waals surface area contributed by atoms with Crippen molar-refractivity contribution in [3.63, 3.8) is 0 Å². The molecule has 1 saturated heterocycles. The lowest BCUT2D eigenvalue weighted by atomic mass is 10.2. The molecule has 1 N–H and O–H groups in total. The summed E-state index contributed by atoms with van der Waals surface area (Å²) in [6.07, 6.45) is 3.56. The second-order valence-corrected chi connectivity index (χ2v) is 7.10. The number of carbonyl (C=O) groups is 2. The Morgan fingerprint density at radius 2 is 1.87 bits per heavy atom. The predicted molar refractivity (Wildman–Crippen MR) is 111 cm³/mol. The van der Waals surface area contributed by atoms with Crippen LogP contribution in [-0.4, -0.2) is 27.8 Å². The molecule has 30 heavy (non-hydrogen) atoms. The molecule has 3 heterocycles. The molecule has 7 nitrogen and oxygen atoms in total. The average Bonchev–Trinajstić information content (AvgIpc) is 3.33. The largest absolute Gasteiger partial charge is 0.436 e. The molecule has 7 heteroatoms. The summed E-state index contributed by atoms with van der Waals surface area (Å²) in [6.45, 7) is 0.474. The number of anilines is 1. The quantitative estimate of drug-likeness (QED) is 0.519. The summed E-state index contributed by atoms with van der Waals surface area (Å²) >= 11 is 0. The zero-order chi connectivity index (χ0) is 20.5. The number of pyridine rings is 1. The molecule has 148 valence electrons. The van der Waals surface area contributed by atoms with Crippen molar-refractivity contribution in [1.82, 2.24) is 15.3 Å². The van der Waals surface area contributed by atoms with Crippen LogP contribution >= 0.6 is 0 Å². The highest BCUT2D eigenvalue weighted by Gasteiger charge is 2.39. The summed E-state index contributed by atoms with van der Waals surface area (Å²) in [7, 11) is 0. The van der Waals surface area contributed by atoms with Crippen LogP contribution in [0.15, 0.2) is 77.5 Å². The Morgan fingerprint density at radius 1 is 1.03 bits per heavy atom. The van der Waals surface area contributed by atoms with Crippen LogP contribution in [0.4, 0.5) is 5.69 Å². The van der Waals surface area contributed by atoms with E-state index in [-0.39, 0.29) is 18.2 Å². The lowest BCUT2D eigenvalue weighted by Gasteiger charge is -2.16. The van der Waals surface area contributed by atoms with Gasteiger partial charge in [-0.05, 0) is 48.0 Å². The number of aromatic nitrogens is 2. The van der Waals surface area contributed by atoms with E-state index in [0.29, 0.717) is 23.7 Å². The number of nitrogens with one attached hydrogen (secondary N) is 1. The number of para-hydroxylation sites is 2. The molecule has 0 bridgehead atoms. The highest BCUT2D eigenvalue weighted by Crippen LogP contribution is 2.28. The maximum atomic E-state index is 12.8. The van der Waals surface area contributed by atoms with Gasteiger partial charge < -0.3 is 9.73 Å². The first-order valence-electron chi connectivity index (χ1n) is 9.64. The van der Waals surface area contributed by atoms with E-state index in [0.717, 1.165) is 16.6 Å². The molecule has 1 aliphatic rings. The third-order valence-electron chi connectivity index (χ3n) is 5.09. The molecule has 2 aromatic heterocycles. The van der Waals surface area contributed by atoms with E-state index >= 15 is 0 Å². The van der Waals surface area contributed by atoms with E-state index in [4.69, 9.17) is 4.42 Å². The fourth-order valence-corrected chi connectivity index (χ4v) is 3.56. The van der Waals surface area contributed by atoms with Gasteiger partial charge in [0.05, 0.1) is 18.2 Å². The number of amides is 2. The van der Waals surface area contributed by atoms with E-state index in [1.807, 2.05) is 36.4 Å². The van der Waals surface area contributed by atoms with Gasteiger partial charge in [0.15, 0.2) is 5.58 Å². The van der Waals surface area contributed by atoms with Crippen molar-refractivity contribution in [3.8, 4) is 11.5 Å². The van der Waals surface area contributed by atoms with Gasteiger partial charge in [-0.1, -0.05) is 18.2 Å². The standard InChI is InChI=1S/C23H18N4O3/c28-21-12-19(25-14-15-4-3-11-24-13-15)23(29)27(21)17-9-7-16(8-10-17)22-26-18-5-1-2-6-20(18)30-22/h1-11,13,19,25H,12,14H2. The lowest BCUT2D eigenvalue weighted by molar-refractivity contribution is -0.121. The Bertz CT molecular complexity index is 1190. The third-order valence-corrected chi connectivity index (χ3v) is 5.09. The van der Waals surface area contributed by atoms with Crippen LogP contribution in [-0.2, 0) is 16.1 Å². The van der Waals surface area contributed by atoms with E-state index in [9.17, 15) is 9.59 Å². The molecule has 1 fully saturated rings. The molecule has 0 aliphatic carbocycles. The maximum absolute atomic E-state index is 12.8. The number of oxazole rings is 1. The summed E-state index contributed by atoms with van der Waals surface area (Å²) in [5, 5.41) is 3.15. The number of fused-ring (bicyclic) bond motifs is 1. The summed E-state index contributed by atoms with van der Waals surface area (Å²) in [5.74, 6) is 0.0228. The van der Waals surface area contributed by atoms with Gasteiger partial charge in [-0.3, -0.25) is 14.6 Å². The zero-order valence-electron chi connectivity index (χ0n) is 16.0. The smallest absolute Gasteiger partial charge is 0.251 e. The second-order valence-electron chi connectivity index (χ2n) is 7.10. The van der Waals surface area contributed by atoms with E-state index < -0.39 is 6.04 Å². The van der Waals surface area contributed by atoms with Crippen LogP contribution < -0.4 is 10.2 Å². The Morgan fingerprint density at radius 3 is 2.63 bits per heavy atom. The molecule has 4 aromatic rings. The van der Waals surface area contributed by atoms with E-state index in [1.54, 1.807) is 36.7 Å². The Balaban J connectivity index is 1.32. The number of benzene rings is 2. The molecule has 2 aromatic carbocycles. The molecule has 2 amide bonds. The van der Waals surface area contributed by atoms with Gasteiger partial charge in [0.1, 0.15) is 5.52 Å². The van der Waals surface area contributed by atoms with Crippen molar-refractivity contribution >= 4 is 28.6 Å². The Hall–Kier alpha value is -3.84. The predicted octanol–water partition coefficient (Wildman–Crippen LogP) is 3.31. The molecule has 1 unspecified atom stereocenters.